The van der Waals surface area contributed by atoms with E-state index in [0.717, 1.165) is 0 Å². The summed E-state index contributed by atoms with van der Waals surface area (Å²) in [5.74, 6) is 0.748. The Morgan fingerprint density at radius 3 is 2.82 bits per heavy atom. The molecule has 4 N–H and O–H groups in total. The van der Waals surface area contributed by atoms with Crippen molar-refractivity contribution in [2.75, 3.05) is 29.9 Å². The fraction of sp³-hybridized carbons (Fsp3) is 0.500. The molecule has 7 nitrogen and oxygen atoms in total. The average molecular weight is 324 g/mol. The number of sulfonamides is 1. The molecule has 96 valence electrons. The maximum absolute atomic E-state index is 11.4. The third kappa shape index (κ3) is 4.44. The van der Waals surface area contributed by atoms with E-state index in [1.165, 1.54) is 6.33 Å². The van der Waals surface area contributed by atoms with Gasteiger partial charge in [0.1, 0.15) is 22.4 Å². The van der Waals surface area contributed by atoms with E-state index >= 15 is 0 Å². The molecule has 0 aromatic carbocycles. The number of nitrogens with one attached hydrogen (secondary N) is 2. The lowest BCUT2D eigenvalue weighted by Gasteiger charge is -2.08. The van der Waals surface area contributed by atoms with E-state index in [9.17, 15) is 8.42 Å². The van der Waals surface area contributed by atoms with Gasteiger partial charge in [0, 0.05) is 13.1 Å². The van der Waals surface area contributed by atoms with Gasteiger partial charge in [0.25, 0.3) is 0 Å². The molecule has 1 heterocycles. The zero-order valence-corrected chi connectivity index (χ0v) is 11.7. The van der Waals surface area contributed by atoms with Gasteiger partial charge >= 0.3 is 0 Å². The Morgan fingerprint density at radius 1 is 1.47 bits per heavy atom. The van der Waals surface area contributed by atoms with E-state index in [1.54, 1.807) is 6.92 Å². The molecule has 0 aliphatic heterocycles. The molecule has 1 aromatic rings. The normalized spacial score (nSPS) is 11.4. The highest BCUT2D eigenvalue weighted by atomic mass is 79.9. The second-order valence-electron chi connectivity index (χ2n) is 3.17. The zero-order chi connectivity index (χ0) is 12.9. The molecule has 0 bridgehead atoms. The van der Waals surface area contributed by atoms with E-state index in [4.69, 9.17) is 5.73 Å². The molecule has 1 rings (SSSR count). The summed E-state index contributed by atoms with van der Waals surface area (Å²) in [6.07, 6.45) is 1.31. The number of hydrogen-bond donors (Lipinski definition) is 3. The molecule has 0 saturated carbocycles. The first-order valence-corrected chi connectivity index (χ1v) is 7.38. The summed E-state index contributed by atoms with van der Waals surface area (Å²) in [6, 6.07) is 0. The first-order chi connectivity index (χ1) is 7.96. The Morgan fingerprint density at radius 2 is 2.18 bits per heavy atom. The van der Waals surface area contributed by atoms with Crippen LogP contribution in [0.1, 0.15) is 6.92 Å². The second-order valence-corrected chi connectivity index (χ2v) is 5.88. The maximum atomic E-state index is 11.4. The fourth-order valence-electron chi connectivity index (χ4n) is 1.10. The van der Waals surface area contributed by atoms with Crippen molar-refractivity contribution in [2.24, 2.45) is 0 Å². The third-order valence-corrected chi connectivity index (χ3v) is 4.10. The summed E-state index contributed by atoms with van der Waals surface area (Å²) in [5, 5.41) is 2.87. The van der Waals surface area contributed by atoms with Gasteiger partial charge in [-0.05, 0) is 15.9 Å². The van der Waals surface area contributed by atoms with Crippen LogP contribution in [0.3, 0.4) is 0 Å². The molecule has 0 atom stereocenters. The standard InChI is InChI=1S/C8H14BrN5O2S/c1-2-14-17(15,16)4-3-11-8-6(9)7(10)12-5-13-8/h5,14H,2-4H2,1H3,(H3,10,11,12,13). The first-order valence-electron chi connectivity index (χ1n) is 4.93. The van der Waals surface area contributed by atoms with Crippen LogP contribution in [0.4, 0.5) is 11.6 Å². The molecule has 0 amide bonds. The number of nitrogens with zero attached hydrogens (tertiary/aromatic N) is 2. The Kier molecular flexibility index (Phi) is 5.09. The van der Waals surface area contributed by atoms with Crippen LogP contribution < -0.4 is 15.8 Å². The van der Waals surface area contributed by atoms with Crippen LogP contribution in [0.15, 0.2) is 10.8 Å². The molecule has 0 saturated heterocycles. The van der Waals surface area contributed by atoms with E-state index in [2.05, 4.69) is 35.9 Å². The van der Waals surface area contributed by atoms with Crippen LogP contribution >= 0.6 is 15.9 Å². The van der Waals surface area contributed by atoms with Crippen LogP contribution in [0.5, 0.6) is 0 Å². The molecular weight excluding hydrogens is 310 g/mol. The molecule has 0 unspecified atom stereocenters. The molecule has 17 heavy (non-hydrogen) atoms. The van der Waals surface area contributed by atoms with E-state index in [-0.39, 0.29) is 12.3 Å². The van der Waals surface area contributed by atoms with Crippen LogP contribution in [-0.2, 0) is 10.0 Å². The van der Waals surface area contributed by atoms with Gasteiger partial charge in [0.2, 0.25) is 10.0 Å². The van der Waals surface area contributed by atoms with Crippen molar-refractivity contribution in [2.45, 2.75) is 6.92 Å². The first kappa shape index (κ1) is 14.1. The predicted octanol–water partition coefficient (Wildman–Crippen LogP) is 0.172. The van der Waals surface area contributed by atoms with Gasteiger partial charge in [-0.1, -0.05) is 6.92 Å². The molecule has 9 heteroatoms. The van der Waals surface area contributed by atoms with Crippen LogP contribution in [0, 0.1) is 0 Å². The van der Waals surface area contributed by atoms with Gasteiger partial charge in [-0.2, -0.15) is 0 Å². The Balaban J connectivity index is 2.55. The SMILES string of the molecule is CCNS(=O)(=O)CCNc1ncnc(N)c1Br. The van der Waals surface area contributed by atoms with Crippen molar-refractivity contribution in [3.63, 3.8) is 0 Å². The van der Waals surface area contributed by atoms with Crippen molar-refractivity contribution in [1.82, 2.24) is 14.7 Å². The molecule has 0 aliphatic rings. The fourth-order valence-corrected chi connectivity index (χ4v) is 2.40. The Labute approximate surface area is 108 Å². The summed E-state index contributed by atoms with van der Waals surface area (Å²) >= 11 is 3.21. The highest BCUT2D eigenvalue weighted by molar-refractivity contribution is 9.10. The van der Waals surface area contributed by atoms with Gasteiger partial charge < -0.3 is 11.1 Å². The average Bonchev–Trinajstić information content (AvgIpc) is 2.24. The van der Waals surface area contributed by atoms with Crippen LogP contribution in [0.2, 0.25) is 0 Å². The molecule has 0 spiro atoms. The highest BCUT2D eigenvalue weighted by Crippen LogP contribution is 2.23. The van der Waals surface area contributed by atoms with Gasteiger partial charge in [-0.25, -0.2) is 23.1 Å². The van der Waals surface area contributed by atoms with Gasteiger partial charge in [0.15, 0.2) is 0 Å². The maximum Gasteiger partial charge on any atom is 0.213 e. The summed E-state index contributed by atoms with van der Waals surface area (Å²) in [7, 11) is -3.23. The summed E-state index contributed by atoms with van der Waals surface area (Å²) in [6.45, 7) is 2.35. The minimum atomic E-state index is -3.23. The molecular formula is C8H14BrN5O2S. The van der Waals surface area contributed by atoms with Crippen molar-refractivity contribution < 1.29 is 8.42 Å². The molecule has 0 aliphatic carbocycles. The number of hydrogen-bond acceptors (Lipinski definition) is 6. The van der Waals surface area contributed by atoms with E-state index in [0.29, 0.717) is 22.7 Å². The summed E-state index contributed by atoms with van der Waals surface area (Å²) in [5.41, 5.74) is 5.56. The highest BCUT2D eigenvalue weighted by Gasteiger charge is 2.09. The topological polar surface area (TPSA) is 110 Å². The van der Waals surface area contributed by atoms with Crippen LogP contribution in [-0.4, -0.2) is 37.2 Å². The summed E-state index contributed by atoms with van der Waals surface area (Å²) in [4.78, 5) is 7.72. The Hall–Kier alpha value is -0.930. The quantitative estimate of drug-likeness (QED) is 0.688. The number of anilines is 2. The van der Waals surface area contributed by atoms with Gasteiger partial charge in [-0.15, -0.1) is 0 Å². The van der Waals surface area contributed by atoms with Gasteiger partial charge in [-0.3, -0.25) is 0 Å². The largest absolute Gasteiger partial charge is 0.383 e. The van der Waals surface area contributed by atoms with Crippen molar-refractivity contribution in [3.8, 4) is 0 Å². The van der Waals surface area contributed by atoms with Crippen molar-refractivity contribution in [3.05, 3.63) is 10.8 Å². The minimum Gasteiger partial charge on any atom is -0.383 e. The molecule has 0 fully saturated rings. The van der Waals surface area contributed by atoms with Crippen molar-refractivity contribution in [1.29, 1.82) is 0 Å². The minimum absolute atomic E-state index is 0.0306. The summed E-state index contributed by atoms with van der Waals surface area (Å²) < 4.78 is 25.6. The third-order valence-electron chi connectivity index (χ3n) is 1.84. The number of aromatic nitrogens is 2. The number of rotatable bonds is 6. The Bertz CT molecular complexity index is 479. The molecule has 0 radical (unpaired) electrons. The number of nitrogen functional groups attached to an aromatic ring is 1. The van der Waals surface area contributed by atoms with Crippen molar-refractivity contribution >= 4 is 37.6 Å². The smallest absolute Gasteiger partial charge is 0.213 e. The van der Waals surface area contributed by atoms with E-state index in [1.807, 2.05) is 0 Å². The lowest BCUT2D eigenvalue weighted by Crippen LogP contribution is -2.29. The number of halogens is 1. The number of nitrogens with two attached hydrogens (primary N) is 1. The predicted molar refractivity (Wildman–Crippen MR) is 70.1 cm³/mol. The van der Waals surface area contributed by atoms with Gasteiger partial charge in [0.05, 0.1) is 5.75 Å². The lowest BCUT2D eigenvalue weighted by molar-refractivity contribution is 0.584. The second kappa shape index (κ2) is 6.12. The van der Waals surface area contributed by atoms with Crippen LogP contribution in [0.25, 0.3) is 0 Å². The monoisotopic (exact) mass is 323 g/mol. The lowest BCUT2D eigenvalue weighted by atomic mass is 10.5. The molecule has 1 aromatic heterocycles. The van der Waals surface area contributed by atoms with E-state index < -0.39 is 10.0 Å². The zero-order valence-electron chi connectivity index (χ0n) is 9.27.